The van der Waals surface area contributed by atoms with Crippen molar-refractivity contribution in [3.05, 3.63) is 47.3 Å². The molecular weight excluding hydrogens is 429 g/mol. The number of hydrogen-bond donors (Lipinski definition) is 2. The molecule has 138 valence electrons. The number of nitrogens with zero attached hydrogens (tertiary/aromatic N) is 3. The molecule has 2 aromatic rings. The van der Waals surface area contributed by atoms with Crippen LogP contribution in [0.5, 0.6) is 5.75 Å². The second-order valence-corrected chi connectivity index (χ2v) is 6.00. The molecule has 0 atom stereocenters. The number of aryl methyl sites for hydroxylation is 2. The zero-order valence-corrected chi connectivity index (χ0v) is 17.9. The van der Waals surface area contributed by atoms with Gasteiger partial charge in [-0.15, -0.1) is 24.0 Å². The Balaban J connectivity index is 0.00000312. The molecule has 2 rings (SSSR count). The summed E-state index contributed by atoms with van der Waals surface area (Å²) in [6.45, 7) is 7.45. The molecule has 0 bridgehead atoms. The number of nitrogens with one attached hydrogen (secondary N) is 2. The number of aromatic nitrogens is 2. The van der Waals surface area contributed by atoms with E-state index in [9.17, 15) is 0 Å². The average Bonchev–Trinajstić information content (AvgIpc) is 2.94. The van der Waals surface area contributed by atoms with E-state index in [-0.39, 0.29) is 30.1 Å². The molecule has 6 nitrogen and oxygen atoms in total. The van der Waals surface area contributed by atoms with Gasteiger partial charge in [0.05, 0.1) is 18.3 Å². The van der Waals surface area contributed by atoms with Crippen LogP contribution in [0.25, 0.3) is 0 Å². The van der Waals surface area contributed by atoms with E-state index in [1.54, 1.807) is 13.2 Å². The van der Waals surface area contributed by atoms with Gasteiger partial charge in [0.15, 0.2) is 5.96 Å². The van der Waals surface area contributed by atoms with Crippen molar-refractivity contribution in [3.8, 4) is 5.75 Å². The van der Waals surface area contributed by atoms with Crippen LogP contribution in [0.15, 0.2) is 35.5 Å². The molecule has 0 fully saturated rings. The van der Waals surface area contributed by atoms with Crippen molar-refractivity contribution in [1.82, 2.24) is 20.4 Å². The second-order valence-electron chi connectivity index (χ2n) is 6.00. The number of aliphatic imine (C=N–C) groups is 1. The van der Waals surface area contributed by atoms with Gasteiger partial charge in [0, 0.05) is 32.4 Å². The zero-order chi connectivity index (χ0) is 17.5. The minimum absolute atomic E-state index is 0. The maximum absolute atomic E-state index is 5.91. The second kappa shape index (κ2) is 10.3. The number of rotatable bonds is 6. The molecule has 0 unspecified atom stereocenters. The van der Waals surface area contributed by atoms with E-state index in [4.69, 9.17) is 4.74 Å². The molecule has 1 heterocycles. The highest BCUT2D eigenvalue weighted by atomic mass is 127. The van der Waals surface area contributed by atoms with E-state index >= 15 is 0 Å². The number of hydrogen-bond acceptors (Lipinski definition) is 3. The molecule has 25 heavy (non-hydrogen) atoms. The topological polar surface area (TPSA) is 63.5 Å². The highest BCUT2D eigenvalue weighted by Crippen LogP contribution is 2.21. The Morgan fingerprint density at radius 1 is 1.24 bits per heavy atom. The van der Waals surface area contributed by atoms with E-state index in [1.807, 2.05) is 31.6 Å². The predicted octanol–water partition coefficient (Wildman–Crippen LogP) is 3.00. The quantitative estimate of drug-likeness (QED) is 0.398. The van der Waals surface area contributed by atoms with Crippen LogP contribution in [0.3, 0.4) is 0 Å². The van der Waals surface area contributed by atoms with E-state index < -0.39 is 0 Å². The molecule has 0 aliphatic heterocycles. The van der Waals surface area contributed by atoms with Crippen molar-refractivity contribution < 1.29 is 4.74 Å². The monoisotopic (exact) mass is 457 g/mol. The zero-order valence-electron chi connectivity index (χ0n) is 15.5. The van der Waals surface area contributed by atoms with Crippen LogP contribution in [0.1, 0.15) is 30.7 Å². The van der Waals surface area contributed by atoms with Crippen LogP contribution in [-0.4, -0.2) is 28.9 Å². The summed E-state index contributed by atoms with van der Waals surface area (Å²) in [5, 5.41) is 10.8. The predicted molar refractivity (Wildman–Crippen MR) is 113 cm³/mol. The summed E-state index contributed by atoms with van der Waals surface area (Å²) < 4.78 is 7.76. The van der Waals surface area contributed by atoms with Crippen molar-refractivity contribution in [2.24, 2.45) is 12.0 Å². The maximum atomic E-state index is 5.91. The van der Waals surface area contributed by atoms with E-state index in [0.717, 1.165) is 23.0 Å². The van der Waals surface area contributed by atoms with Crippen molar-refractivity contribution in [3.63, 3.8) is 0 Å². The van der Waals surface area contributed by atoms with Crippen LogP contribution >= 0.6 is 24.0 Å². The van der Waals surface area contributed by atoms with Crippen LogP contribution in [0.2, 0.25) is 0 Å². The molecule has 0 saturated carbocycles. The fourth-order valence-corrected chi connectivity index (χ4v) is 2.32. The lowest BCUT2D eigenvalue weighted by molar-refractivity contribution is 0.239. The van der Waals surface area contributed by atoms with E-state index in [2.05, 4.69) is 45.8 Å². The standard InChI is InChI=1S/C18H27N5O.HI/c1-13(2)24-17-10-14(3)6-7-15(17)11-20-18(19-4)21-12-16-8-9-22-23(16)5;/h6-10,13H,11-12H2,1-5H3,(H2,19,20,21);1H. The molecular formula is C18H28IN5O. The number of guanidine groups is 1. The molecule has 1 aromatic heterocycles. The molecule has 0 aliphatic carbocycles. The molecule has 0 saturated heterocycles. The fourth-order valence-electron chi connectivity index (χ4n) is 2.32. The first-order valence-corrected chi connectivity index (χ1v) is 8.17. The molecule has 0 radical (unpaired) electrons. The van der Waals surface area contributed by atoms with Gasteiger partial charge in [-0.3, -0.25) is 9.67 Å². The highest BCUT2D eigenvalue weighted by molar-refractivity contribution is 14.0. The Morgan fingerprint density at radius 2 is 1.96 bits per heavy atom. The Morgan fingerprint density at radius 3 is 2.56 bits per heavy atom. The number of halogens is 1. The van der Waals surface area contributed by atoms with Gasteiger partial charge in [-0.1, -0.05) is 12.1 Å². The molecule has 0 aliphatic rings. The SMILES string of the molecule is CN=C(NCc1ccc(C)cc1OC(C)C)NCc1ccnn1C.I. The van der Waals surface area contributed by atoms with Crippen molar-refractivity contribution in [2.75, 3.05) is 7.05 Å². The van der Waals surface area contributed by atoms with E-state index in [0.29, 0.717) is 13.1 Å². The third-order valence-corrected chi connectivity index (χ3v) is 3.61. The lowest BCUT2D eigenvalue weighted by atomic mass is 10.1. The van der Waals surface area contributed by atoms with Crippen molar-refractivity contribution in [2.45, 2.75) is 40.0 Å². The number of benzene rings is 1. The minimum Gasteiger partial charge on any atom is -0.491 e. The van der Waals surface area contributed by atoms with Gasteiger partial charge in [-0.25, -0.2) is 0 Å². The first-order chi connectivity index (χ1) is 11.5. The van der Waals surface area contributed by atoms with Gasteiger partial charge < -0.3 is 15.4 Å². The molecule has 2 N–H and O–H groups in total. The summed E-state index contributed by atoms with van der Waals surface area (Å²) in [7, 11) is 3.69. The normalized spacial score (nSPS) is 11.2. The largest absolute Gasteiger partial charge is 0.491 e. The Hall–Kier alpha value is -1.77. The lowest BCUT2D eigenvalue weighted by Crippen LogP contribution is -2.36. The van der Waals surface area contributed by atoms with E-state index in [1.165, 1.54) is 5.56 Å². The molecule has 0 spiro atoms. The van der Waals surface area contributed by atoms with Gasteiger partial charge in [-0.2, -0.15) is 5.10 Å². The summed E-state index contributed by atoms with van der Waals surface area (Å²) >= 11 is 0. The third kappa shape index (κ3) is 6.56. The minimum atomic E-state index is 0. The highest BCUT2D eigenvalue weighted by Gasteiger charge is 2.08. The van der Waals surface area contributed by atoms with Crippen LogP contribution in [0, 0.1) is 6.92 Å². The van der Waals surface area contributed by atoms with Gasteiger partial charge in [0.2, 0.25) is 0 Å². The van der Waals surface area contributed by atoms with Gasteiger partial charge in [0.1, 0.15) is 5.75 Å². The first-order valence-electron chi connectivity index (χ1n) is 8.17. The molecule has 0 amide bonds. The van der Waals surface area contributed by atoms with Crippen molar-refractivity contribution in [1.29, 1.82) is 0 Å². The van der Waals surface area contributed by atoms with Crippen molar-refractivity contribution >= 4 is 29.9 Å². The molecule has 1 aromatic carbocycles. The summed E-state index contributed by atoms with van der Waals surface area (Å²) in [6, 6.07) is 8.24. The Bertz CT molecular complexity index is 697. The van der Waals surface area contributed by atoms with Crippen LogP contribution in [0.4, 0.5) is 0 Å². The first kappa shape index (κ1) is 21.3. The van der Waals surface area contributed by atoms with Gasteiger partial charge in [-0.05, 0) is 38.5 Å². The van der Waals surface area contributed by atoms with Crippen LogP contribution < -0.4 is 15.4 Å². The third-order valence-electron chi connectivity index (χ3n) is 3.61. The summed E-state index contributed by atoms with van der Waals surface area (Å²) in [5.41, 5.74) is 3.39. The summed E-state index contributed by atoms with van der Waals surface area (Å²) in [6.07, 6.45) is 1.93. The average molecular weight is 457 g/mol. The summed E-state index contributed by atoms with van der Waals surface area (Å²) in [4.78, 5) is 4.26. The van der Waals surface area contributed by atoms with Crippen LogP contribution in [-0.2, 0) is 20.1 Å². The Kier molecular flexibility index (Phi) is 8.74. The smallest absolute Gasteiger partial charge is 0.191 e. The number of ether oxygens (including phenoxy) is 1. The lowest BCUT2D eigenvalue weighted by Gasteiger charge is -2.17. The fraction of sp³-hybridized carbons (Fsp3) is 0.444. The Labute approximate surface area is 167 Å². The molecule has 7 heteroatoms. The summed E-state index contributed by atoms with van der Waals surface area (Å²) in [5.74, 6) is 1.66. The van der Waals surface area contributed by atoms with Gasteiger partial charge in [0.25, 0.3) is 0 Å². The maximum Gasteiger partial charge on any atom is 0.191 e. The van der Waals surface area contributed by atoms with Gasteiger partial charge >= 0.3 is 0 Å².